The third-order valence-corrected chi connectivity index (χ3v) is 4.98. The highest BCUT2D eigenvalue weighted by Gasteiger charge is 2.21. The molecule has 0 atom stereocenters. The van der Waals surface area contributed by atoms with Crippen LogP contribution in [0.3, 0.4) is 0 Å². The summed E-state index contributed by atoms with van der Waals surface area (Å²) in [7, 11) is 1.57. The highest BCUT2D eigenvalue weighted by molar-refractivity contribution is 6.01. The number of rotatable bonds is 8. The number of nitrogens with zero attached hydrogens (tertiary/aromatic N) is 3. The fraction of sp³-hybridized carbons (Fsp3) is 0.417. The second-order valence-corrected chi connectivity index (χ2v) is 7.99. The largest absolute Gasteiger partial charge is 0.396 e. The molecule has 5 N–H and O–H groups in total. The molecule has 178 valence electrons. The minimum absolute atomic E-state index is 0.236. The summed E-state index contributed by atoms with van der Waals surface area (Å²) < 4.78 is 1.65. The van der Waals surface area contributed by atoms with Crippen molar-refractivity contribution in [3.05, 3.63) is 59.2 Å². The van der Waals surface area contributed by atoms with Crippen LogP contribution in [0.4, 0.5) is 5.82 Å². The van der Waals surface area contributed by atoms with Gasteiger partial charge in [0.1, 0.15) is 11.5 Å². The molecule has 0 fully saturated rings. The van der Waals surface area contributed by atoms with E-state index in [2.05, 4.69) is 34.4 Å². The maximum absolute atomic E-state index is 12.6. The predicted molar refractivity (Wildman–Crippen MR) is 129 cm³/mol. The molecule has 0 aliphatic heterocycles. The summed E-state index contributed by atoms with van der Waals surface area (Å²) in [6.45, 7) is 6.91. The van der Waals surface area contributed by atoms with Gasteiger partial charge in [-0.1, -0.05) is 26.8 Å². The van der Waals surface area contributed by atoms with Gasteiger partial charge in [-0.25, -0.2) is 9.97 Å². The third-order valence-electron chi connectivity index (χ3n) is 4.98. The van der Waals surface area contributed by atoms with Gasteiger partial charge in [-0.15, -0.1) is 0 Å². The minimum atomic E-state index is -0.275. The first-order valence-electron chi connectivity index (χ1n) is 11.1. The van der Waals surface area contributed by atoms with Gasteiger partial charge in [-0.3, -0.25) is 14.0 Å². The third kappa shape index (κ3) is 7.01. The number of nitrogens with one attached hydrogen (secondary N) is 2. The normalized spacial score (nSPS) is 10.6. The van der Waals surface area contributed by atoms with E-state index in [1.807, 2.05) is 6.92 Å². The molecule has 0 aliphatic rings. The molecule has 9 nitrogen and oxygen atoms in total. The first kappa shape index (κ1) is 25.8. The Morgan fingerprint density at radius 1 is 1.21 bits per heavy atom. The Morgan fingerprint density at radius 3 is 2.52 bits per heavy atom. The molecule has 0 bridgehead atoms. The number of hydrogen-bond acceptors (Lipinski definition) is 6. The van der Waals surface area contributed by atoms with Gasteiger partial charge in [0.15, 0.2) is 5.65 Å². The summed E-state index contributed by atoms with van der Waals surface area (Å²) >= 11 is 0. The van der Waals surface area contributed by atoms with Crippen LogP contribution >= 0.6 is 0 Å². The molecule has 0 saturated heterocycles. The molecule has 0 unspecified atom stereocenters. The summed E-state index contributed by atoms with van der Waals surface area (Å²) in [6, 6.07) is 6.89. The van der Waals surface area contributed by atoms with Crippen LogP contribution in [0.15, 0.2) is 36.7 Å². The van der Waals surface area contributed by atoms with Crippen LogP contribution in [-0.2, 0) is 13.0 Å². The van der Waals surface area contributed by atoms with E-state index >= 15 is 0 Å². The van der Waals surface area contributed by atoms with E-state index < -0.39 is 0 Å². The summed E-state index contributed by atoms with van der Waals surface area (Å²) in [5, 5.41) is 13.8. The quantitative estimate of drug-likeness (QED) is 0.413. The lowest BCUT2D eigenvalue weighted by atomic mass is 10.1. The van der Waals surface area contributed by atoms with Crippen LogP contribution in [0.2, 0.25) is 0 Å². The number of amides is 2. The Hall–Kier alpha value is -3.46. The fourth-order valence-corrected chi connectivity index (χ4v) is 3.21. The molecule has 0 aliphatic carbocycles. The van der Waals surface area contributed by atoms with Gasteiger partial charge in [-0.2, -0.15) is 0 Å². The Labute approximate surface area is 194 Å². The smallest absolute Gasteiger partial charge is 0.269 e. The van der Waals surface area contributed by atoms with Crippen molar-refractivity contribution in [1.82, 2.24) is 25.0 Å². The maximum atomic E-state index is 12.6. The SMILES string of the molecule is CC(C)CCCO.CCc1nc2c(C(=O)NCc3ccc(N)nc3)cccn2c1C(=O)NC. The fourth-order valence-electron chi connectivity index (χ4n) is 3.21. The highest BCUT2D eigenvalue weighted by Crippen LogP contribution is 2.17. The summed E-state index contributed by atoms with van der Waals surface area (Å²) in [5.74, 6) is 0.659. The zero-order chi connectivity index (χ0) is 24.4. The van der Waals surface area contributed by atoms with E-state index in [-0.39, 0.29) is 11.8 Å². The van der Waals surface area contributed by atoms with Crippen LogP contribution in [-0.4, -0.2) is 44.9 Å². The molecule has 9 heteroatoms. The molecular formula is C24H34N6O3. The van der Waals surface area contributed by atoms with Crippen LogP contribution in [0.25, 0.3) is 5.65 Å². The second kappa shape index (κ2) is 12.5. The lowest BCUT2D eigenvalue weighted by molar-refractivity contribution is 0.0943. The molecule has 3 rings (SSSR count). The number of pyridine rings is 2. The number of hydrogen-bond donors (Lipinski definition) is 4. The van der Waals surface area contributed by atoms with E-state index in [9.17, 15) is 9.59 Å². The van der Waals surface area contributed by atoms with E-state index in [0.29, 0.717) is 48.0 Å². The van der Waals surface area contributed by atoms with E-state index in [4.69, 9.17) is 10.8 Å². The summed E-state index contributed by atoms with van der Waals surface area (Å²) in [5.41, 5.74) is 8.35. The Bertz CT molecular complexity index is 1060. The van der Waals surface area contributed by atoms with Gasteiger partial charge in [-0.05, 0) is 48.9 Å². The van der Waals surface area contributed by atoms with E-state index in [1.54, 1.807) is 48.1 Å². The Morgan fingerprint density at radius 2 is 1.97 bits per heavy atom. The molecule has 3 heterocycles. The number of aliphatic hydroxyl groups is 1. The topological polar surface area (TPSA) is 135 Å². The number of fused-ring (bicyclic) bond motifs is 1. The van der Waals surface area contributed by atoms with E-state index in [1.165, 1.54) is 0 Å². The van der Waals surface area contributed by atoms with Gasteiger partial charge < -0.3 is 21.5 Å². The molecule has 2 amide bonds. The summed E-state index contributed by atoms with van der Waals surface area (Å²) in [4.78, 5) is 33.3. The number of aryl methyl sites for hydroxylation is 1. The predicted octanol–water partition coefficient (Wildman–Crippen LogP) is 2.58. The van der Waals surface area contributed by atoms with Gasteiger partial charge in [0, 0.05) is 32.6 Å². The van der Waals surface area contributed by atoms with Gasteiger partial charge >= 0.3 is 0 Å². The molecule has 0 radical (unpaired) electrons. The van der Waals surface area contributed by atoms with Crippen molar-refractivity contribution >= 4 is 23.3 Å². The molecular weight excluding hydrogens is 420 g/mol. The van der Waals surface area contributed by atoms with Gasteiger partial charge in [0.2, 0.25) is 0 Å². The van der Waals surface area contributed by atoms with Crippen LogP contribution in [0.5, 0.6) is 0 Å². The van der Waals surface area contributed by atoms with Gasteiger partial charge in [0.05, 0.1) is 11.3 Å². The number of aromatic nitrogens is 3. The van der Waals surface area contributed by atoms with Crippen LogP contribution in [0.1, 0.15) is 65.7 Å². The van der Waals surface area contributed by atoms with Crippen molar-refractivity contribution in [2.75, 3.05) is 19.4 Å². The monoisotopic (exact) mass is 454 g/mol. The highest BCUT2D eigenvalue weighted by atomic mass is 16.3. The Balaban J connectivity index is 0.000000479. The Kier molecular flexibility index (Phi) is 9.81. The standard InChI is InChI=1S/C18H20N6O2.C6H14O/c1-3-13-15(18(26)20-2)24-8-4-5-12(16(24)23-13)17(25)22-10-11-6-7-14(19)21-9-11;1-6(2)4-3-5-7/h4-9H,3,10H2,1-2H3,(H2,19,21)(H,20,26)(H,22,25);6-7H,3-5H2,1-2H3. The van der Waals surface area contributed by atoms with E-state index in [0.717, 1.165) is 24.3 Å². The number of nitrogens with two attached hydrogens (primary N) is 1. The average Bonchev–Trinajstić information content (AvgIpc) is 3.21. The van der Waals surface area contributed by atoms with Crippen molar-refractivity contribution < 1.29 is 14.7 Å². The zero-order valence-electron chi connectivity index (χ0n) is 19.8. The molecule has 0 saturated carbocycles. The van der Waals surface area contributed by atoms with Crippen molar-refractivity contribution in [3.63, 3.8) is 0 Å². The van der Waals surface area contributed by atoms with Crippen LogP contribution < -0.4 is 16.4 Å². The number of aliphatic hydroxyl groups excluding tert-OH is 1. The lowest BCUT2D eigenvalue weighted by Gasteiger charge is -2.07. The van der Waals surface area contributed by atoms with Gasteiger partial charge in [0.25, 0.3) is 11.8 Å². The molecule has 0 aromatic carbocycles. The first-order chi connectivity index (χ1) is 15.8. The maximum Gasteiger partial charge on any atom is 0.269 e. The van der Waals surface area contributed by atoms with Crippen molar-refractivity contribution in [3.8, 4) is 0 Å². The number of carbonyl (C=O) groups excluding carboxylic acids is 2. The van der Waals surface area contributed by atoms with Crippen molar-refractivity contribution in [2.24, 2.45) is 5.92 Å². The molecule has 3 aromatic heterocycles. The number of nitrogen functional groups attached to an aromatic ring is 1. The van der Waals surface area contributed by atoms with Crippen molar-refractivity contribution in [2.45, 2.75) is 46.6 Å². The average molecular weight is 455 g/mol. The lowest BCUT2D eigenvalue weighted by Crippen LogP contribution is -2.24. The second-order valence-electron chi connectivity index (χ2n) is 7.99. The summed E-state index contributed by atoms with van der Waals surface area (Å²) in [6.07, 6.45) is 6.04. The number of carbonyl (C=O) groups is 2. The van der Waals surface area contributed by atoms with Crippen molar-refractivity contribution in [1.29, 1.82) is 0 Å². The molecule has 0 spiro atoms. The number of anilines is 1. The first-order valence-corrected chi connectivity index (χ1v) is 11.1. The minimum Gasteiger partial charge on any atom is -0.396 e. The van der Waals surface area contributed by atoms with Crippen LogP contribution in [0, 0.1) is 5.92 Å². The molecule has 3 aromatic rings. The number of imidazole rings is 1. The molecule has 33 heavy (non-hydrogen) atoms. The zero-order valence-corrected chi connectivity index (χ0v) is 19.8.